The summed E-state index contributed by atoms with van der Waals surface area (Å²) in [5.74, 6) is 0.293. The normalized spacial score (nSPS) is 20.8. The monoisotopic (exact) mass is 256 g/mol. The molecule has 4 nitrogen and oxygen atoms in total. The third-order valence-electron chi connectivity index (χ3n) is 3.34. The van der Waals surface area contributed by atoms with Gasteiger partial charge in [-0.2, -0.15) is 0 Å². The number of carbonyl (C=O) groups excluding carboxylic acids is 1. The summed E-state index contributed by atoms with van der Waals surface area (Å²) >= 11 is 0. The number of rotatable bonds is 8. The first kappa shape index (κ1) is 15.4. The van der Waals surface area contributed by atoms with Crippen LogP contribution in [0, 0.1) is 0 Å². The molecule has 0 saturated carbocycles. The fraction of sp³-hybridized carbons (Fsp3) is 0.929. The molecule has 1 saturated heterocycles. The minimum absolute atomic E-state index is 0.0396. The zero-order valence-corrected chi connectivity index (χ0v) is 12.1. The lowest BCUT2D eigenvalue weighted by Gasteiger charge is -2.33. The third-order valence-corrected chi connectivity index (χ3v) is 3.34. The van der Waals surface area contributed by atoms with Crippen molar-refractivity contribution in [3.63, 3.8) is 0 Å². The molecule has 0 spiro atoms. The van der Waals surface area contributed by atoms with Crippen LogP contribution in [0.4, 0.5) is 0 Å². The highest BCUT2D eigenvalue weighted by atomic mass is 16.5. The molecule has 1 fully saturated rings. The SMILES string of the molecule is COCCCCCN1CCCC(NC(C)C)C1=O. The van der Waals surface area contributed by atoms with Crippen molar-refractivity contribution < 1.29 is 9.53 Å². The van der Waals surface area contributed by atoms with E-state index in [0.717, 1.165) is 51.8 Å². The van der Waals surface area contributed by atoms with Gasteiger partial charge in [0.05, 0.1) is 6.04 Å². The standard InChI is InChI=1S/C14H28N2O2/c1-12(2)15-13-8-7-10-16(14(13)17)9-5-4-6-11-18-3/h12-13,15H,4-11H2,1-3H3. The fourth-order valence-electron chi connectivity index (χ4n) is 2.45. The van der Waals surface area contributed by atoms with Gasteiger partial charge in [-0.05, 0) is 32.1 Å². The Morgan fingerprint density at radius 2 is 2.17 bits per heavy atom. The second-order valence-electron chi connectivity index (χ2n) is 5.39. The van der Waals surface area contributed by atoms with Crippen molar-refractivity contribution in [2.45, 2.75) is 58.0 Å². The summed E-state index contributed by atoms with van der Waals surface area (Å²) < 4.78 is 5.03. The van der Waals surface area contributed by atoms with Gasteiger partial charge in [0.1, 0.15) is 0 Å². The molecular formula is C14H28N2O2. The van der Waals surface area contributed by atoms with E-state index >= 15 is 0 Å². The van der Waals surface area contributed by atoms with E-state index < -0.39 is 0 Å². The van der Waals surface area contributed by atoms with Gasteiger partial charge in [-0.3, -0.25) is 4.79 Å². The van der Waals surface area contributed by atoms with Crippen molar-refractivity contribution >= 4 is 5.91 Å². The maximum atomic E-state index is 12.2. The molecular weight excluding hydrogens is 228 g/mol. The first-order valence-corrected chi connectivity index (χ1v) is 7.19. The summed E-state index contributed by atoms with van der Waals surface area (Å²) in [4.78, 5) is 14.2. The number of methoxy groups -OCH3 is 1. The van der Waals surface area contributed by atoms with Gasteiger partial charge in [-0.1, -0.05) is 13.8 Å². The maximum Gasteiger partial charge on any atom is 0.239 e. The molecule has 0 aromatic carbocycles. The molecule has 1 N–H and O–H groups in total. The van der Waals surface area contributed by atoms with Crippen molar-refractivity contribution in [2.24, 2.45) is 0 Å². The minimum Gasteiger partial charge on any atom is -0.385 e. The van der Waals surface area contributed by atoms with Gasteiger partial charge in [0.15, 0.2) is 0 Å². The van der Waals surface area contributed by atoms with Gasteiger partial charge in [-0.15, -0.1) is 0 Å². The highest BCUT2D eigenvalue weighted by Crippen LogP contribution is 2.13. The quantitative estimate of drug-likeness (QED) is 0.673. The molecule has 18 heavy (non-hydrogen) atoms. The largest absolute Gasteiger partial charge is 0.385 e. The molecule has 1 amide bonds. The fourth-order valence-corrected chi connectivity index (χ4v) is 2.45. The first-order chi connectivity index (χ1) is 8.65. The molecule has 1 aliphatic rings. The molecule has 1 aliphatic heterocycles. The van der Waals surface area contributed by atoms with Crippen LogP contribution in [0.5, 0.6) is 0 Å². The van der Waals surface area contributed by atoms with Gasteiger partial charge < -0.3 is 15.0 Å². The van der Waals surface area contributed by atoms with Gasteiger partial charge in [0.25, 0.3) is 0 Å². The topological polar surface area (TPSA) is 41.6 Å². The van der Waals surface area contributed by atoms with Crippen LogP contribution in [0.1, 0.15) is 46.0 Å². The number of nitrogens with zero attached hydrogens (tertiary/aromatic N) is 1. The van der Waals surface area contributed by atoms with E-state index in [1.807, 2.05) is 4.90 Å². The highest BCUT2D eigenvalue weighted by Gasteiger charge is 2.28. The number of amides is 1. The van der Waals surface area contributed by atoms with Crippen LogP contribution < -0.4 is 5.32 Å². The van der Waals surface area contributed by atoms with Crippen LogP contribution >= 0.6 is 0 Å². The van der Waals surface area contributed by atoms with Crippen LogP contribution in [0.3, 0.4) is 0 Å². The Balaban J connectivity index is 2.25. The van der Waals surface area contributed by atoms with E-state index in [0.29, 0.717) is 11.9 Å². The summed E-state index contributed by atoms with van der Waals surface area (Å²) in [6.07, 6.45) is 5.42. The molecule has 1 unspecified atom stereocenters. The summed E-state index contributed by atoms with van der Waals surface area (Å²) in [5.41, 5.74) is 0. The van der Waals surface area contributed by atoms with Crippen LogP contribution in [-0.2, 0) is 9.53 Å². The van der Waals surface area contributed by atoms with E-state index in [1.54, 1.807) is 7.11 Å². The van der Waals surface area contributed by atoms with Crippen LogP contribution in [0.25, 0.3) is 0 Å². The van der Waals surface area contributed by atoms with Crippen molar-refractivity contribution in [2.75, 3.05) is 26.8 Å². The summed E-state index contributed by atoms with van der Waals surface area (Å²) in [7, 11) is 1.73. The Labute approximate surface area is 111 Å². The number of ether oxygens (including phenoxy) is 1. The molecule has 4 heteroatoms. The Bertz CT molecular complexity index is 244. The first-order valence-electron chi connectivity index (χ1n) is 7.19. The van der Waals surface area contributed by atoms with E-state index in [4.69, 9.17) is 4.74 Å². The Kier molecular flexibility index (Phi) is 7.28. The Morgan fingerprint density at radius 1 is 1.39 bits per heavy atom. The molecule has 0 aromatic heterocycles. The van der Waals surface area contributed by atoms with Gasteiger partial charge in [0, 0.05) is 32.8 Å². The predicted octanol–water partition coefficient (Wildman–Crippen LogP) is 1.79. The number of unbranched alkanes of at least 4 members (excludes halogenated alkanes) is 2. The molecule has 0 aliphatic carbocycles. The van der Waals surface area contributed by atoms with E-state index in [2.05, 4.69) is 19.2 Å². The Hall–Kier alpha value is -0.610. The molecule has 0 aromatic rings. The van der Waals surface area contributed by atoms with Crippen molar-refractivity contribution in [3.8, 4) is 0 Å². The number of hydrogen-bond acceptors (Lipinski definition) is 3. The van der Waals surface area contributed by atoms with Gasteiger partial charge in [-0.25, -0.2) is 0 Å². The van der Waals surface area contributed by atoms with E-state index in [9.17, 15) is 4.79 Å². The second-order valence-corrected chi connectivity index (χ2v) is 5.39. The van der Waals surface area contributed by atoms with Gasteiger partial charge >= 0.3 is 0 Å². The number of carbonyl (C=O) groups is 1. The van der Waals surface area contributed by atoms with Crippen molar-refractivity contribution in [1.82, 2.24) is 10.2 Å². The number of nitrogens with one attached hydrogen (secondary N) is 1. The summed E-state index contributed by atoms with van der Waals surface area (Å²) in [6, 6.07) is 0.415. The number of likely N-dealkylation sites (tertiary alicyclic amines) is 1. The molecule has 0 bridgehead atoms. The molecule has 1 rings (SSSR count). The smallest absolute Gasteiger partial charge is 0.239 e. The maximum absolute atomic E-state index is 12.2. The lowest BCUT2D eigenvalue weighted by atomic mass is 10.0. The number of piperidine rings is 1. The molecule has 1 heterocycles. The minimum atomic E-state index is 0.0396. The third kappa shape index (κ3) is 5.36. The second kappa shape index (κ2) is 8.48. The zero-order chi connectivity index (χ0) is 13.4. The molecule has 0 radical (unpaired) electrons. The van der Waals surface area contributed by atoms with E-state index in [-0.39, 0.29) is 6.04 Å². The van der Waals surface area contributed by atoms with Crippen LogP contribution in [-0.4, -0.2) is 49.7 Å². The van der Waals surface area contributed by atoms with Crippen LogP contribution in [0.2, 0.25) is 0 Å². The lowest BCUT2D eigenvalue weighted by molar-refractivity contribution is -0.136. The molecule has 1 atom stereocenters. The van der Waals surface area contributed by atoms with E-state index in [1.165, 1.54) is 0 Å². The average Bonchev–Trinajstić information content (AvgIpc) is 2.33. The van der Waals surface area contributed by atoms with Crippen molar-refractivity contribution in [3.05, 3.63) is 0 Å². The lowest BCUT2D eigenvalue weighted by Crippen LogP contribution is -2.52. The Morgan fingerprint density at radius 3 is 2.83 bits per heavy atom. The average molecular weight is 256 g/mol. The predicted molar refractivity (Wildman–Crippen MR) is 73.6 cm³/mol. The number of hydrogen-bond donors (Lipinski definition) is 1. The summed E-state index contributed by atoms with van der Waals surface area (Å²) in [5, 5.41) is 3.36. The summed E-state index contributed by atoms with van der Waals surface area (Å²) in [6.45, 7) is 6.84. The zero-order valence-electron chi connectivity index (χ0n) is 12.1. The highest BCUT2D eigenvalue weighted by molar-refractivity contribution is 5.82. The van der Waals surface area contributed by atoms with Gasteiger partial charge in [0.2, 0.25) is 5.91 Å². The molecule has 106 valence electrons. The van der Waals surface area contributed by atoms with Crippen molar-refractivity contribution in [1.29, 1.82) is 0 Å². The van der Waals surface area contributed by atoms with Crippen LogP contribution in [0.15, 0.2) is 0 Å².